The molecular weight excluding hydrogens is 406 g/mol. The van der Waals surface area contributed by atoms with Crippen LogP contribution in [0.2, 0.25) is 0 Å². The average molecular weight is 433 g/mol. The Balaban J connectivity index is 1.46. The van der Waals surface area contributed by atoms with Crippen LogP contribution in [0, 0.1) is 6.92 Å². The third kappa shape index (κ3) is 3.58. The number of hydrogen-bond acceptors (Lipinski definition) is 8. The van der Waals surface area contributed by atoms with Gasteiger partial charge in [0.05, 0.1) is 17.4 Å². The number of carbonyl (C=O) groups is 1. The number of nitrogens with one attached hydrogen (secondary N) is 1. The lowest BCUT2D eigenvalue weighted by Gasteiger charge is -2.34. The predicted octanol–water partition coefficient (Wildman–Crippen LogP) is 1.14. The minimum Gasteiger partial charge on any atom is -0.543 e. The average Bonchev–Trinajstić information content (AvgIpc) is 3.13. The number of fused-ring (bicyclic) bond motifs is 3. The van der Waals surface area contributed by atoms with E-state index < -0.39 is 5.97 Å². The maximum Gasteiger partial charge on any atom is 0.227 e. The second-order valence-corrected chi connectivity index (χ2v) is 8.57. The van der Waals surface area contributed by atoms with Gasteiger partial charge in [0.2, 0.25) is 5.95 Å². The van der Waals surface area contributed by atoms with Crippen molar-refractivity contribution >= 4 is 23.3 Å². The van der Waals surface area contributed by atoms with Gasteiger partial charge in [-0.1, -0.05) is 6.07 Å². The molecule has 3 heterocycles. The summed E-state index contributed by atoms with van der Waals surface area (Å²) in [5, 5.41) is 19.0. The van der Waals surface area contributed by atoms with Crippen LogP contribution >= 0.6 is 0 Å². The summed E-state index contributed by atoms with van der Waals surface area (Å²) in [6.45, 7) is 6.15. The highest BCUT2D eigenvalue weighted by Gasteiger charge is 2.26. The second-order valence-electron chi connectivity index (χ2n) is 8.57. The first-order chi connectivity index (χ1) is 15.4. The van der Waals surface area contributed by atoms with E-state index in [4.69, 9.17) is 4.98 Å². The lowest BCUT2D eigenvalue weighted by atomic mass is 9.93. The highest BCUT2D eigenvalue weighted by atomic mass is 16.4. The number of likely N-dealkylation sites (N-methyl/N-ethyl adjacent to an activating group) is 1. The van der Waals surface area contributed by atoms with Crippen LogP contribution in [0.25, 0.3) is 11.4 Å². The van der Waals surface area contributed by atoms with Gasteiger partial charge in [0.1, 0.15) is 5.69 Å². The van der Waals surface area contributed by atoms with E-state index in [2.05, 4.69) is 57.4 Å². The van der Waals surface area contributed by atoms with E-state index in [0.717, 1.165) is 54.4 Å². The number of aromatic nitrogens is 4. The number of hydrogen-bond donors (Lipinski definition) is 1. The standard InChI is InChI=1S/C23H27N7O2/c1-14-4-6-16(30-10-8-28(2)9-11-30)12-18(14)25-23-24-13-15-5-7-17-20(22(31)32)27-29(3)21(17)19(15)26-23/h4,6,12-13H,5,7-11H2,1-3H3,(H,31,32)(H,24,25,26)/p-1. The second kappa shape index (κ2) is 7.90. The molecule has 0 atom stereocenters. The van der Waals surface area contributed by atoms with Crippen molar-refractivity contribution in [2.45, 2.75) is 19.8 Å². The maximum atomic E-state index is 11.5. The lowest BCUT2D eigenvalue weighted by Crippen LogP contribution is -2.44. The third-order valence-electron chi connectivity index (χ3n) is 6.41. The van der Waals surface area contributed by atoms with Crippen molar-refractivity contribution in [3.63, 3.8) is 0 Å². The van der Waals surface area contributed by atoms with Gasteiger partial charge in [-0.05, 0) is 50.1 Å². The van der Waals surface area contributed by atoms with Gasteiger partial charge in [0, 0.05) is 56.4 Å². The van der Waals surface area contributed by atoms with Crippen molar-refractivity contribution in [1.82, 2.24) is 24.6 Å². The molecule has 32 heavy (non-hydrogen) atoms. The monoisotopic (exact) mass is 432 g/mol. The van der Waals surface area contributed by atoms with Crippen molar-refractivity contribution in [3.8, 4) is 11.4 Å². The number of carboxylic acids is 1. The number of anilines is 3. The van der Waals surface area contributed by atoms with Gasteiger partial charge in [-0.3, -0.25) is 4.68 Å². The van der Waals surface area contributed by atoms with E-state index in [1.165, 1.54) is 5.69 Å². The number of rotatable bonds is 4. The molecule has 166 valence electrons. The molecule has 2 aliphatic rings. The molecule has 1 aliphatic heterocycles. The number of benzene rings is 1. The molecule has 0 saturated carbocycles. The molecule has 0 spiro atoms. The van der Waals surface area contributed by atoms with Crippen LogP contribution in [0.15, 0.2) is 24.4 Å². The number of carboxylic acid groups (broad SMARTS) is 1. The van der Waals surface area contributed by atoms with E-state index in [9.17, 15) is 9.90 Å². The Bertz CT molecular complexity index is 1200. The minimum absolute atomic E-state index is 0.00278. The van der Waals surface area contributed by atoms with Gasteiger partial charge in [-0.25, -0.2) is 9.97 Å². The Labute approximate surface area is 186 Å². The van der Waals surface area contributed by atoms with E-state index in [0.29, 0.717) is 24.4 Å². The molecule has 1 fully saturated rings. The number of aromatic carboxylic acids is 1. The molecular formula is C23H26N7O2-. The molecule has 0 bridgehead atoms. The van der Waals surface area contributed by atoms with Crippen molar-refractivity contribution in [2.75, 3.05) is 43.4 Å². The van der Waals surface area contributed by atoms with Gasteiger partial charge in [-0.2, -0.15) is 5.10 Å². The Hall–Kier alpha value is -3.46. The SMILES string of the molecule is Cc1ccc(N2CCN(C)CC2)cc1Nc1ncc2c(n1)-c1c(c(C(=O)[O-])nn1C)CC2. The van der Waals surface area contributed by atoms with Crippen LogP contribution in [0.5, 0.6) is 0 Å². The fourth-order valence-corrected chi connectivity index (χ4v) is 4.51. The highest BCUT2D eigenvalue weighted by Crippen LogP contribution is 2.34. The van der Waals surface area contributed by atoms with Gasteiger partial charge < -0.3 is 25.0 Å². The summed E-state index contributed by atoms with van der Waals surface area (Å²) >= 11 is 0. The summed E-state index contributed by atoms with van der Waals surface area (Å²) in [4.78, 5) is 25.5. The number of aryl methyl sites for hydroxylation is 3. The Morgan fingerprint density at radius 2 is 1.91 bits per heavy atom. The minimum atomic E-state index is -1.26. The topological polar surface area (TPSA) is 102 Å². The first-order valence-electron chi connectivity index (χ1n) is 10.9. The van der Waals surface area contributed by atoms with Crippen molar-refractivity contribution < 1.29 is 9.90 Å². The van der Waals surface area contributed by atoms with Crippen LogP contribution in [-0.4, -0.2) is 63.8 Å². The summed E-state index contributed by atoms with van der Waals surface area (Å²) < 4.78 is 1.58. The van der Waals surface area contributed by atoms with E-state index in [1.54, 1.807) is 11.7 Å². The molecule has 0 unspecified atom stereocenters. The summed E-state index contributed by atoms with van der Waals surface area (Å²) in [5.74, 6) is -0.777. The molecule has 5 rings (SSSR count). The number of nitrogens with zero attached hydrogens (tertiary/aromatic N) is 6. The number of carbonyl (C=O) groups excluding carboxylic acids is 1. The molecule has 1 aromatic carbocycles. The van der Waals surface area contributed by atoms with Gasteiger partial charge in [0.15, 0.2) is 0 Å². The maximum absolute atomic E-state index is 11.5. The summed E-state index contributed by atoms with van der Waals surface area (Å²) in [5.41, 5.74) is 6.34. The van der Waals surface area contributed by atoms with Crippen LogP contribution < -0.4 is 15.3 Å². The zero-order valence-electron chi connectivity index (χ0n) is 18.6. The smallest absolute Gasteiger partial charge is 0.227 e. The zero-order valence-corrected chi connectivity index (χ0v) is 18.6. The first kappa shape index (κ1) is 20.4. The normalized spacial score (nSPS) is 15.9. The largest absolute Gasteiger partial charge is 0.543 e. The molecule has 9 nitrogen and oxygen atoms in total. The van der Waals surface area contributed by atoms with Crippen molar-refractivity contribution in [1.29, 1.82) is 0 Å². The molecule has 9 heteroatoms. The molecule has 1 N–H and O–H groups in total. The fourth-order valence-electron chi connectivity index (χ4n) is 4.51. The molecule has 1 saturated heterocycles. The van der Waals surface area contributed by atoms with Crippen molar-refractivity contribution in [2.24, 2.45) is 7.05 Å². The third-order valence-corrected chi connectivity index (χ3v) is 6.41. The molecule has 0 radical (unpaired) electrons. The van der Waals surface area contributed by atoms with E-state index >= 15 is 0 Å². The van der Waals surface area contributed by atoms with Crippen molar-refractivity contribution in [3.05, 3.63) is 46.8 Å². The predicted molar refractivity (Wildman–Crippen MR) is 120 cm³/mol. The summed E-state index contributed by atoms with van der Waals surface area (Å²) in [6, 6.07) is 6.41. The van der Waals surface area contributed by atoms with E-state index in [1.807, 2.05) is 6.20 Å². The Morgan fingerprint density at radius 1 is 1.12 bits per heavy atom. The van der Waals surface area contributed by atoms with E-state index in [-0.39, 0.29) is 5.69 Å². The van der Waals surface area contributed by atoms with Crippen LogP contribution in [0.4, 0.5) is 17.3 Å². The fraction of sp³-hybridized carbons (Fsp3) is 0.391. The van der Waals surface area contributed by atoms with Crippen LogP contribution in [-0.2, 0) is 19.9 Å². The van der Waals surface area contributed by atoms with Gasteiger partial charge >= 0.3 is 0 Å². The quantitative estimate of drug-likeness (QED) is 0.655. The molecule has 2 aromatic heterocycles. The number of piperazine rings is 1. The summed E-state index contributed by atoms with van der Waals surface area (Å²) in [6.07, 6.45) is 3.08. The first-order valence-corrected chi connectivity index (χ1v) is 10.9. The zero-order chi connectivity index (χ0) is 22.4. The van der Waals surface area contributed by atoms with Crippen LogP contribution in [0.3, 0.4) is 0 Å². The molecule has 3 aromatic rings. The van der Waals surface area contributed by atoms with Crippen LogP contribution in [0.1, 0.15) is 27.2 Å². The van der Waals surface area contributed by atoms with Gasteiger partial charge in [-0.15, -0.1) is 0 Å². The van der Waals surface area contributed by atoms with Gasteiger partial charge in [0.25, 0.3) is 0 Å². The Morgan fingerprint density at radius 3 is 2.66 bits per heavy atom. The molecule has 1 aliphatic carbocycles. The Kier molecular flexibility index (Phi) is 5.05. The lowest BCUT2D eigenvalue weighted by molar-refractivity contribution is -0.255. The highest BCUT2D eigenvalue weighted by molar-refractivity contribution is 5.88. The molecule has 0 amide bonds. The summed E-state index contributed by atoms with van der Waals surface area (Å²) in [7, 11) is 3.88.